The Morgan fingerprint density at radius 3 is 3.00 bits per heavy atom. The summed E-state index contributed by atoms with van der Waals surface area (Å²) >= 11 is 5.96. The maximum absolute atomic E-state index is 12.9. The van der Waals surface area contributed by atoms with Crippen molar-refractivity contribution in [2.75, 3.05) is 13.1 Å². The second kappa shape index (κ2) is 5.98. The molecule has 0 unspecified atom stereocenters. The minimum absolute atomic E-state index is 0.324. The van der Waals surface area contributed by atoms with Gasteiger partial charge in [-0.05, 0) is 24.7 Å². The van der Waals surface area contributed by atoms with Crippen LogP contribution in [-0.2, 0) is 6.42 Å². The van der Waals surface area contributed by atoms with Crippen LogP contribution in [0.3, 0.4) is 0 Å². The normalized spacial score (nSPS) is 10.8. The van der Waals surface area contributed by atoms with E-state index in [9.17, 15) is 4.39 Å². The van der Waals surface area contributed by atoms with E-state index in [2.05, 4.69) is 10.3 Å². The summed E-state index contributed by atoms with van der Waals surface area (Å²) in [4.78, 5) is 4.17. The van der Waals surface area contributed by atoms with Gasteiger partial charge in [-0.25, -0.2) is 9.37 Å². The molecule has 0 aliphatic heterocycles. The van der Waals surface area contributed by atoms with Gasteiger partial charge in [0, 0.05) is 18.5 Å². The number of rotatable bonds is 5. The van der Waals surface area contributed by atoms with E-state index in [1.54, 1.807) is 12.3 Å². The van der Waals surface area contributed by atoms with E-state index in [1.807, 2.05) is 6.92 Å². The van der Waals surface area contributed by atoms with Gasteiger partial charge in [-0.15, -0.1) is 0 Å². The predicted octanol–water partition coefficient (Wildman–Crippen LogP) is 3.29. The van der Waals surface area contributed by atoms with Gasteiger partial charge < -0.3 is 9.73 Å². The van der Waals surface area contributed by atoms with E-state index in [4.69, 9.17) is 16.0 Å². The molecule has 2 aromatic rings. The molecule has 18 heavy (non-hydrogen) atoms. The third-order valence-electron chi connectivity index (χ3n) is 2.52. The van der Waals surface area contributed by atoms with Gasteiger partial charge >= 0.3 is 0 Å². The Morgan fingerprint density at radius 2 is 2.28 bits per heavy atom. The Balaban J connectivity index is 2.13. The Hall–Kier alpha value is -1.39. The number of benzene rings is 1. The van der Waals surface area contributed by atoms with Crippen LogP contribution in [0.1, 0.15) is 12.8 Å². The van der Waals surface area contributed by atoms with Crippen molar-refractivity contribution in [3.05, 3.63) is 41.1 Å². The first-order valence-corrected chi connectivity index (χ1v) is 6.19. The van der Waals surface area contributed by atoms with Crippen LogP contribution in [0.15, 0.2) is 28.8 Å². The molecule has 1 aromatic carbocycles. The van der Waals surface area contributed by atoms with Crippen molar-refractivity contribution in [1.29, 1.82) is 0 Å². The molecule has 0 spiro atoms. The highest BCUT2D eigenvalue weighted by atomic mass is 35.5. The first-order chi connectivity index (χ1) is 8.70. The highest BCUT2D eigenvalue weighted by Crippen LogP contribution is 2.28. The second-order valence-corrected chi connectivity index (χ2v) is 4.25. The standard InChI is InChI=1S/C13H14ClFN2O/c1-2-16-6-5-13-17-8-12(18-13)10-4-3-9(15)7-11(10)14/h3-4,7-8,16H,2,5-6H2,1H3. The van der Waals surface area contributed by atoms with Gasteiger partial charge in [-0.3, -0.25) is 0 Å². The van der Waals surface area contributed by atoms with Gasteiger partial charge in [-0.1, -0.05) is 18.5 Å². The minimum atomic E-state index is -0.365. The second-order valence-electron chi connectivity index (χ2n) is 3.85. The molecule has 3 nitrogen and oxygen atoms in total. The minimum Gasteiger partial charge on any atom is -0.441 e. The monoisotopic (exact) mass is 268 g/mol. The molecule has 0 radical (unpaired) electrons. The number of likely N-dealkylation sites (N-methyl/N-ethyl adjacent to an activating group) is 1. The first kappa shape index (κ1) is 13.1. The largest absolute Gasteiger partial charge is 0.441 e. The third kappa shape index (κ3) is 3.09. The highest BCUT2D eigenvalue weighted by molar-refractivity contribution is 6.33. The molecule has 1 heterocycles. The highest BCUT2D eigenvalue weighted by Gasteiger charge is 2.10. The Kier molecular flexibility index (Phi) is 4.33. The Bertz CT molecular complexity index is 527. The van der Waals surface area contributed by atoms with Crippen LogP contribution in [0.4, 0.5) is 4.39 Å². The van der Waals surface area contributed by atoms with Gasteiger partial charge in [-0.2, -0.15) is 0 Å². The lowest BCUT2D eigenvalue weighted by atomic mass is 10.2. The zero-order valence-corrected chi connectivity index (χ0v) is 10.8. The van der Waals surface area contributed by atoms with Crippen molar-refractivity contribution in [2.24, 2.45) is 0 Å². The van der Waals surface area contributed by atoms with Gasteiger partial charge in [0.1, 0.15) is 5.82 Å². The van der Waals surface area contributed by atoms with Crippen molar-refractivity contribution >= 4 is 11.6 Å². The van der Waals surface area contributed by atoms with Crippen LogP contribution in [0.25, 0.3) is 11.3 Å². The fourth-order valence-corrected chi connectivity index (χ4v) is 1.87. The fraction of sp³-hybridized carbons (Fsp3) is 0.308. The molecule has 0 saturated carbocycles. The Labute approximate surface area is 110 Å². The average Bonchev–Trinajstić information content (AvgIpc) is 2.78. The number of aromatic nitrogens is 1. The third-order valence-corrected chi connectivity index (χ3v) is 2.83. The first-order valence-electron chi connectivity index (χ1n) is 5.81. The fourth-order valence-electron chi connectivity index (χ4n) is 1.61. The maximum atomic E-state index is 12.9. The lowest BCUT2D eigenvalue weighted by Crippen LogP contribution is -2.16. The average molecular weight is 269 g/mol. The van der Waals surface area contributed by atoms with E-state index in [0.29, 0.717) is 28.7 Å². The summed E-state index contributed by atoms with van der Waals surface area (Å²) in [6, 6.07) is 4.20. The molecule has 2 rings (SSSR count). The molecule has 1 aromatic heterocycles. The SMILES string of the molecule is CCNCCc1ncc(-c2ccc(F)cc2Cl)o1. The van der Waals surface area contributed by atoms with Gasteiger partial charge in [0.15, 0.2) is 11.7 Å². The number of halogens is 2. The Morgan fingerprint density at radius 1 is 1.44 bits per heavy atom. The van der Waals surface area contributed by atoms with Crippen molar-refractivity contribution in [2.45, 2.75) is 13.3 Å². The molecular formula is C13H14ClFN2O. The van der Waals surface area contributed by atoms with Gasteiger partial charge in [0.05, 0.1) is 11.2 Å². The summed E-state index contributed by atoms with van der Waals surface area (Å²) in [5.41, 5.74) is 0.653. The van der Waals surface area contributed by atoms with E-state index in [0.717, 1.165) is 13.1 Å². The molecule has 0 bridgehead atoms. The zero-order chi connectivity index (χ0) is 13.0. The van der Waals surface area contributed by atoms with Crippen LogP contribution in [0.2, 0.25) is 5.02 Å². The topological polar surface area (TPSA) is 38.1 Å². The van der Waals surface area contributed by atoms with Crippen molar-refractivity contribution < 1.29 is 8.81 Å². The number of nitrogens with one attached hydrogen (secondary N) is 1. The van der Waals surface area contributed by atoms with Crippen molar-refractivity contribution in [3.63, 3.8) is 0 Å². The molecule has 0 aliphatic rings. The van der Waals surface area contributed by atoms with Crippen LogP contribution in [-0.4, -0.2) is 18.1 Å². The molecule has 0 amide bonds. The number of hydrogen-bond donors (Lipinski definition) is 1. The predicted molar refractivity (Wildman–Crippen MR) is 69.2 cm³/mol. The van der Waals surface area contributed by atoms with E-state index in [-0.39, 0.29) is 5.82 Å². The van der Waals surface area contributed by atoms with Gasteiger partial charge in [0.25, 0.3) is 0 Å². The van der Waals surface area contributed by atoms with Crippen molar-refractivity contribution in [1.82, 2.24) is 10.3 Å². The molecular weight excluding hydrogens is 255 g/mol. The molecule has 5 heteroatoms. The molecule has 0 saturated heterocycles. The molecule has 0 atom stereocenters. The van der Waals surface area contributed by atoms with E-state index in [1.165, 1.54) is 12.1 Å². The van der Waals surface area contributed by atoms with E-state index >= 15 is 0 Å². The smallest absolute Gasteiger partial charge is 0.196 e. The number of nitrogens with zero attached hydrogens (tertiary/aromatic N) is 1. The lowest BCUT2D eigenvalue weighted by molar-refractivity contribution is 0.497. The molecule has 0 aliphatic carbocycles. The molecule has 1 N–H and O–H groups in total. The van der Waals surface area contributed by atoms with Gasteiger partial charge in [0.2, 0.25) is 0 Å². The summed E-state index contributed by atoms with van der Waals surface area (Å²) in [5.74, 6) is 0.841. The zero-order valence-electron chi connectivity index (χ0n) is 10.0. The summed E-state index contributed by atoms with van der Waals surface area (Å²) in [6.07, 6.45) is 2.33. The van der Waals surface area contributed by atoms with Crippen LogP contribution >= 0.6 is 11.6 Å². The maximum Gasteiger partial charge on any atom is 0.196 e. The van der Waals surface area contributed by atoms with Crippen molar-refractivity contribution in [3.8, 4) is 11.3 Å². The van der Waals surface area contributed by atoms with Crippen LogP contribution in [0.5, 0.6) is 0 Å². The lowest BCUT2D eigenvalue weighted by Gasteiger charge is -2.00. The quantitative estimate of drug-likeness (QED) is 0.846. The van der Waals surface area contributed by atoms with E-state index < -0.39 is 0 Å². The number of oxazole rings is 1. The number of hydrogen-bond acceptors (Lipinski definition) is 3. The van der Waals surface area contributed by atoms with Crippen LogP contribution < -0.4 is 5.32 Å². The summed E-state index contributed by atoms with van der Waals surface area (Å²) in [7, 11) is 0. The summed E-state index contributed by atoms with van der Waals surface area (Å²) in [6.45, 7) is 3.77. The summed E-state index contributed by atoms with van der Waals surface area (Å²) in [5, 5.41) is 3.51. The molecule has 0 fully saturated rings. The summed E-state index contributed by atoms with van der Waals surface area (Å²) < 4.78 is 18.5. The van der Waals surface area contributed by atoms with Crippen LogP contribution in [0, 0.1) is 5.82 Å². The molecule has 96 valence electrons.